The van der Waals surface area contributed by atoms with Gasteiger partial charge < -0.3 is 9.32 Å². The summed E-state index contributed by atoms with van der Waals surface area (Å²) in [5.74, 6) is 0.890. The van der Waals surface area contributed by atoms with E-state index in [4.69, 9.17) is 14.4 Å². The van der Waals surface area contributed by atoms with Crippen LogP contribution >= 0.6 is 0 Å². The van der Waals surface area contributed by atoms with Crippen LogP contribution in [0.4, 0.5) is 17.1 Å². The Bertz CT molecular complexity index is 2980. The standard InChI is InChI=1S/C47H30N4O/c1-2-13-32(14-3-1)50(34-27-38-36-16-6-7-18-43(36)52-47(38)39(28-34)40-17-8-10-24-48-40)33-21-22-37-42(29-33)51(44-19-9-11-25-49-44)41-23-20-31-26-30-12-4-5-15-35(30)45(31)46(37)41/h1-25,27-29H,26H2. The molecule has 1 aliphatic rings. The Labute approximate surface area is 299 Å². The molecule has 0 saturated heterocycles. The van der Waals surface area contributed by atoms with Gasteiger partial charge in [0.15, 0.2) is 0 Å². The Kier molecular flexibility index (Phi) is 6.25. The van der Waals surface area contributed by atoms with Crippen LogP contribution in [0.5, 0.6) is 0 Å². The Morgan fingerprint density at radius 3 is 2.19 bits per heavy atom. The molecule has 0 aliphatic heterocycles. The average Bonchev–Trinajstić information content (AvgIpc) is 3.88. The van der Waals surface area contributed by atoms with Gasteiger partial charge in [-0.15, -0.1) is 0 Å². The van der Waals surface area contributed by atoms with Crippen molar-refractivity contribution in [1.82, 2.24) is 14.5 Å². The van der Waals surface area contributed by atoms with Gasteiger partial charge in [0.2, 0.25) is 0 Å². The first-order valence-corrected chi connectivity index (χ1v) is 17.6. The molecule has 5 nitrogen and oxygen atoms in total. The predicted octanol–water partition coefficient (Wildman–Crippen LogP) is 12.2. The Morgan fingerprint density at radius 1 is 0.519 bits per heavy atom. The summed E-state index contributed by atoms with van der Waals surface area (Å²) in [5.41, 5.74) is 14.2. The van der Waals surface area contributed by atoms with Gasteiger partial charge in [-0.1, -0.05) is 84.9 Å². The van der Waals surface area contributed by atoms with Gasteiger partial charge in [-0.3, -0.25) is 9.55 Å². The average molecular weight is 667 g/mol. The van der Waals surface area contributed by atoms with E-state index in [0.29, 0.717) is 0 Å². The predicted molar refractivity (Wildman–Crippen MR) is 212 cm³/mol. The first-order chi connectivity index (χ1) is 25.8. The number of aromatic nitrogens is 3. The van der Waals surface area contributed by atoms with Gasteiger partial charge in [-0.05, 0) is 101 Å². The lowest BCUT2D eigenvalue weighted by atomic mass is 9.99. The Balaban J connectivity index is 1.21. The van der Waals surface area contributed by atoms with Gasteiger partial charge in [-0.2, -0.15) is 0 Å². The highest BCUT2D eigenvalue weighted by molar-refractivity contribution is 6.18. The van der Waals surface area contributed by atoms with E-state index in [0.717, 1.165) is 73.5 Å². The third-order valence-corrected chi connectivity index (χ3v) is 10.5. The smallest absolute Gasteiger partial charge is 0.144 e. The second-order valence-corrected chi connectivity index (χ2v) is 13.4. The molecular weight excluding hydrogens is 637 g/mol. The fourth-order valence-electron chi connectivity index (χ4n) is 8.27. The molecule has 0 unspecified atom stereocenters. The molecule has 1 aliphatic carbocycles. The highest BCUT2D eigenvalue weighted by Crippen LogP contribution is 2.48. The van der Waals surface area contributed by atoms with E-state index >= 15 is 0 Å². The maximum absolute atomic E-state index is 6.53. The number of nitrogens with zero attached hydrogens (tertiary/aromatic N) is 4. The van der Waals surface area contributed by atoms with Gasteiger partial charge in [0.25, 0.3) is 0 Å². The number of pyridine rings is 2. The van der Waals surface area contributed by atoms with E-state index in [1.165, 1.54) is 33.0 Å². The summed E-state index contributed by atoms with van der Waals surface area (Å²) in [4.78, 5) is 12.0. The number of rotatable bonds is 5. The monoisotopic (exact) mass is 666 g/mol. The van der Waals surface area contributed by atoms with Crippen molar-refractivity contribution in [1.29, 1.82) is 0 Å². The molecule has 0 spiro atoms. The number of hydrogen-bond donors (Lipinski definition) is 0. The van der Waals surface area contributed by atoms with E-state index < -0.39 is 0 Å². The van der Waals surface area contributed by atoms with Crippen LogP contribution in [0.2, 0.25) is 0 Å². The summed E-state index contributed by atoms with van der Waals surface area (Å²) in [6.45, 7) is 0. The van der Waals surface area contributed by atoms with Gasteiger partial charge in [0, 0.05) is 56.6 Å². The molecule has 0 atom stereocenters. The van der Waals surface area contributed by atoms with Crippen molar-refractivity contribution in [2.24, 2.45) is 0 Å². The molecule has 4 aromatic heterocycles. The summed E-state index contributed by atoms with van der Waals surface area (Å²) in [7, 11) is 0. The lowest BCUT2D eigenvalue weighted by Crippen LogP contribution is -2.10. The van der Waals surface area contributed by atoms with E-state index in [1.807, 2.05) is 48.8 Å². The molecule has 0 amide bonds. The van der Waals surface area contributed by atoms with Gasteiger partial charge in [0.05, 0.1) is 16.7 Å². The summed E-state index contributed by atoms with van der Waals surface area (Å²) >= 11 is 0. The van der Waals surface area contributed by atoms with Crippen LogP contribution in [0.3, 0.4) is 0 Å². The third-order valence-electron chi connectivity index (χ3n) is 10.5. The van der Waals surface area contributed by atoms with Crippen molar-refractivity contribution >= 4 is 60.8 Å². The van der Waals surface area contributed by atoms with E-state index in [9.17, 15) is 0 Å². The minimum absolute atomic E-state index is 0.830. The number of hydrogen-bond acceptors (Lipinski definition) is 4. The van der Waals surface area contributed by atoms with Crippen LogP contribution in [-0.4, -0.2) is 14.5 Å². The van der Waals surface area contributed by atoms with Crippen LogP contribution < -0.4 is 4.90 Å². The summed E-state index contributed by atoms with van der Waals surface area (Å²) in [6, 6.07) is 55.7. The molecule has 0 N–H and O–H groups in total. The van der Waals surface area contributed by atoms with Crippen LogP contribution in [0.25, 0.3) is 71.9 Å². The van der Waals surface area contributed by atoms with Crippen molar-refractivity contribution in [3.63, 3.8) is 0 Å². The van der Waals surface area contributed by atoms with Crippen LogP contribution in [0, 0.1) is 0 Å². The number of fused-ring (bicyclic) bond motifs is 10. The fourth-order valence-corrected chi connectivity index (χ4v) is 8.27. The Hall–Kier alpha value is -6.98. The molecule has 5 heteroatoms. The Morgan fingerprint density at radius 2 is 1.33 bits per heavy atom. The SMILES string of the molecule is c1ccc(N(c2cc(-c3ccccn3)c3oc4ccccc4c3c2)c2ccc3c4c5c(ccc4n(-c4ccccn4)c3c2)Cc2ccccc2-5)cc1. The zero-order valence-electron chi connectivity index (χ0n) is 28.1. The first kappa shape index (κ1) is 28.8. The third kappa shape index (κ3) is 4.29. The maximum Gasteiger partial charge on any atom is 0.144 e. The normalized spacial score (nSPS) is 12.2. The molecule has 52 heavy (non-hydrogen) atoms. The van der Waals surface area contributed by atoms with Gasteiger partial charge >= 0.3 is 0 Å². The van der Waals surface area contributed by atoms with E-state index in [1.54, 1.807) is 0 Å². The quantitative estimate of drug-likeness (QED) is 0.183. The highest BCUT2D eigenvalue weighted by atomic mass is 16.3. The zero-order valence-corrected chi connectivity index (χ0v) is 28.1. The van der Waals surface area contributed by atoms with Crippen molar-refractivity contribution in [2.75, 3.05) is 4.90 Å². The number of benzene rings is 6. The van der Waals surface area contributed by atoms with Crippen molar-refractivity contribution in [3.8, 4) is 28.2 Å². The van der Waals surface area contributed by atoms with Gasteiger partial charge in [-0.25, -0.2) is 4.98 Å². The van der Waals surface area contributed by atoms with Gasteiger partial charge in [0.1, 0.15) is 17.0 Å². The fraction of sp³-hybridized carbons (Fsp3) is 0.0213. The topological polar surface area (TPSA) is 47.1 Å². The molecule has 0 radical (unpaired) electrons. The largest absolute Gasteiger partial charge is 0.455 e. The second-order valence-electron chi connectivity index (χ2n) is 13.4. The highest BCUT2D eigenvalue weighted by Gasteiger charge is 2.26. The van der Waals surface area contributed by atoms with Crippen molar-refractivity contribution in [2.45, 2.75) is 6.42 Å². The van der Waals surface area contributed by atoms with Crippen molar-refractivity contribution in [3.05, 3.63) is 181 Å². The summed E-state index contributed by atoms with van der Waals surface area (Å²) in [5, 5.41) is 4.60. The number of anilines is 3. The molecule has 0 saturated carbocycles. The molecular formula is C47H30N4O. The molecule has 0 fully saturated rings. The zero-order chi connectivity index (χ0) is 34.2. The van der Waals surface area contributed by atoms with E-state index in [-0.39, 0.29) is 0 Å². The second kappa shape index (κ2) is 11.3. The van der Waals surface area contributed by atoms with Crippen LogP contribution in [-0.2, 0) is 6.42 Å². The van der Waals surface area contributed by atoms with Crippen molar-refractivity contribution < 1.29 is 4.42 Å². The minimum Gasteiger partial charge on any atom is -0.455 e. The molecule has 4 heterocycles. The van der Waals surface area contributed by atoms with Crippen LogP contribution in [0.1, 0.15) is 11.1 Å². The number of para-hydroxylation sites is 2. The van der Waals surface area contributed by atoms with Crippen LogP contribution in [0.15, 0.2) is 175 Å². The maximum atomic E-state index is 6.53. The lowest BCUT2D eigenvalue weighted by molar-refractivity contribution is 0.670. The van der Waals surface area contributed by atoms with E-state index in [2.05, 4.69) is 131 Å². The molecule has 244 valence electrons. The molecule has 10 aromatic rings. The summed E-state index contributed by atoms with van der Waals surface area (Å²) < 4.78 is 8.86. The molecule has 6 aromatic carbocycles. The molecule has 11 rings (SSSR count). The number of furan rings is 1. The molecule has 0 bridgehead atoms. The summed E-state index contributed by atoms with van der Waals surface area (Å²) in [6.07, 6.45) is 4.66. The first-order valence-electron chi connectivity index (χ1n) is 17.6. The lowest BCUT2D eigenvalue weighted by Gasteiger charge is -2.26. The minimum atomic E-state index is 0.830.